The van der Waals surface area contributed by atoms with Gasteiger partial charge in [-0.25, -0.2) is 4.68 Å². The van der Waals surface area contributed by atoms with Crippen molar-refractivity contribution in [3.05, 3.63) is 21.0 Å². The SMILES string of the molecule is CNc1cnn(CC2CC2)c(=O)c1Br. The second-order valence-corrected chi connectivity index (χ2v) is 4.35. The van der Waals surface area contributed by atoms with Gasteiger partial charge >= 0.3 is 0 Å². The highest BCUT2D eigenvalue weighted by Gasteiger charge is 2.23. The average Bonchev–Trinajstić information content (AvgIpc) is 2.97. The van der Waals surface area contributed by atoms with Gasteiger partial charge in [0.2, 0.25) is 0 Å². The number of nitrogens with one attached hydrogen (secondary N) is 1. The Morgan fingerprint density at radius 2 is 2.43 bits per heavy atom. The minimum absolute atomic E-state index is 0.0521. The summed E-state index contributed by atoms with van der Waals surface area (Å²) in [6.45, 7) is 0.751. The molecule has 0 aromatic carbocycles. The molecule has 0 radical (unpaired) electrons. The number of halogens is 1. The van der Waals surface area contributed by atoms with E-state index in [4.69, 9.17) is 0 Å². The van der Waals surface area contributed by atoms with E-state index in [2.05, 4.69) is 26.3 Å². The van der Waals surface area contributed by atoms with Crippen molar-refractivity contribution in [1.29, 1.82) is 0 Å². The lowest BCUT2D eigenvalue weighted by atomic mass is 10.4. The topological polar surface area (TPSA) is 46.9 Å². The van der Waals surface area contributed by atoms with Crippen LogP contribution >= 0.6 is 15.9 Å². The normalized spacial score (nSPS) is 15.6. The summed E-state index contributed by atoms with van der Waals surface area (Å²) in [5.74, 6) is 0.660. The first kappa shape index (κ1) is 9.71. The zero-order chi connectivity index (χ0) is 10.1. The van der Waals surface area contributed by atoms with E-state index in [0.29, 0.717) is 10.4 Å². The lowest BCUT2D eigenvalue weighted by molar-refractivity contribution is 0.532. The van der Waals surface area contributed by atoms with Gasteiger partial charge in [0.05, 0.1) is 11.9 Å². The van der Waals surface area contributed by atoms with Crippen LogP contribution in [0, 0.1) is 5.92 Å². The zero-order valence-corrected chi connectivity index (χ0v) is 9.54. The van der Waals surface area contributed by atoms with Gasteiger partial charge in [-0.05, 0) is 34.7 Å². The van der Waals surface area contributed by atoms with Gasteiger partial charge in [-0.15, -0.1) is 0 Å². The summed E-state index contributed by atoms with van der Waals surface area (Å²) < 4.78 is 2.10. The van der Waals surface area contributed by atoms with Crippen molar-refractivity contribution in [2.75, 3.05) is 12.4 Å². The van der Waals surface area contributed by atoms with E-state index in [0.717, 1.165) is 12.2 Å². The summed E-state index contributed by atoms with van der Waals surface area (Å²) in [6.07, 6.45) is 4.12. The molecule has 0 amide bonds. The van der Waals surface area contributed by atoms with E-state index in [1.807, 2.05) is 0 Å². The Morgan fingerprint density at radius 1 is 1.71 bits per heavy atom. The molecule has 0 bridgehead atoms. The van der Waals surface area contributed by atoms with Gasteiger partial charge in [-0.3, -0.25) is 4.79 Å². The summed E-state index contributed by atoms with van der Waals surface area (Å²) in [5.41, 5.74) is 0.686. The molecule has 5 heteroatoms. The van der Waals surface area contributed by atoms with Crippen molar-refractivity contribution in [3.8, 4) is 0 Å². The average molecular weight is 258 g/mol. The van der Waals surface area contributed by atoms with Crippen molar-refractivity contribution >= 4 is 21.6 Å². The molecule has 4 nitrogen and oxygen atoms in total. The number of hydrogen-bond donors (Lipinski definition) is 1. The van der Waals surface area contributed by atoms with Crippen LogP contribution in [0.15, 0.2) is 15.5 Å². The van der Waals surface area contributed by atoms with Crippen LogP contribution in [0.2, 0.25) is 0 Å². The molecule has 0 saturated heterocycles. The van der Waals surface area contributed by atoms with Crippen LogP contribution in [0.5, 0.6) is 0 Å². The van der Waals surface area contributed by atoms with Crippen LogP contribution in [0.1, 0.15) is 12.8 Å². The molecule has 1 fully saturated rings. The van der Waals surface area contributed by atoms with E-state index in [1.165, 1.54) is 17.5 Å². The minimum Gasteiger partial charge on any atom is -0.386 e. The molecule has 1 aliphatic carbocycles. The number of hydrogen-bond acceptors (Lipinski definition) is 3. The highest BCUT2D eigenvalue weighted by Crippen LogP contribution is 2.30. The lowest BCUT2D eigenvalue weighted by Gasteiger charge is -2.06. The second kappa shape index (κ2) is 3.73. The van der Waals surface area contributed by atoms with Crippen molar-refractivity contribution < 1.29 is 0 Å². The molecule has 0 spiro atoms. The summed E-state index contributed by atoms with van der Waals surface area (Å²) >= 11 is 3.27. The third-order valence-electron chi connectivity index (χ3n) is 2.38. The van der Waals surface area contributed by atoms with Crippen LogP contribution < -0.4 is 10.9 Å². The van der Waals surface area contributed by atoms with Gasteiger partial charge in [0.1, 0.15) is 4.47 Å². The van der Waals surface area contributed by atoms with Crippen LogP contribution in [-0.4, -0.2) is 16.8 Å². The Labute approximate surface area is 90.4 Å². The van der Waals surface area contributed by atoms with Crippen molar-refractivity contribution in [3.63, 3.8) is 0 Å². The van der Waals surface area contributed by atoms with Crippen LogP contribution in [-0.2, 0) is 6.54 Å². The molecule has 14 heavy (non-hydrogen) atoms. The van der Waals surface area contributed by atoms with Crippen molar-refractivity contribution in [2.24, 2.45) is 5.92 Å². The van der Waals surface area contributed by atoms with Crippen LogP contribution in [0.3, 0.4) is 0 Å². The second-order valence-electron chi connectivity index (χ2n) is 3.55. The standard InChI is InChI=1S/C9H12BrN3O/c1-11-7-4-12-13(5-6-2-3-6)9(14)8(7)10/h4,6,11H,2-3,5H2,1H3. The molecule has 1 aromatic heterocycles. The summed E-state index contributed by atoms with van der Waals surface area (Å²) in [6, 6.07) is 0. The highest BCUT2D eigenvalue weighted by molar-refractivity contribution is 9.10. The molecule has 0 unspecified atom stereocenters. The largest absolute Gasteiger partial charge is 0.386 e. The predicted octanol–water partition coefficient (Wildman–Crippen LogP) is 1.46. The first-order valence-corrected chi connectivity index (χ1v) is 5.45. The van der Waals surface area contributed by atoms with Gasteiger partial charge in [-0.2, -0.15) is 5.10 Å². The maximum absolute atomic E-state index is 11.7. The number of nitrogens with zero attached hydrogens (tertiary/aromatic N) is 2. The Bertz CT molecular complexity index is 398. The quantitative estimate of drug-likeness (QED) is 0.892. The molecule has 76 valence electrons. The molecule has 1 heterocycles. The Balaban J connectivity index is 2.32. The molecular formula is C9H12BrN3O. The smallest absolute Gasteiger partial charge is 0.283 e. The maximum Gasteiger partial charge on any atom is 0.283 e. The fourth-order valence-corrected chi connectivity index (χ4v) is 1.82. The third-order valence-corrected chi connectivity index (χ3v) is 3.15. The van der Waals surface area contributed by atoms with Crippen molar-refractivity contribution in [1.82, 2.24) is 9.78 Å². The number of aromatic nitrogens is 2. The van der Waals surface area contributed by atoms with Gasteiger partial charge in [0.25, 0.3) is 5.56 Å². The molecular weight excluding hydrogens is 246 g/mol. The van der Waals surface area contributed by atoms with E-state index >= 15 is 0 Å². The molecule has 1 saturated carbocycles. The summed E-state index contributed by atoms with van der Waals surface area (Å²) in [4.78, 5) is 11.7. The fourth-order valence-electron chi connectivity index (χ4n) is 1.31. The monoisotopic (exact) mass is 257 g/mol. The summed E-state index contributed by atoms with van der Waals surface area (Å²) in [5, 5.41) is 7.01. The Hall–Kier alpha value is -0.840. The molecule has 0 atom stereocenters. The van der Waals surface area contributed by atoms with E-state index in [-0.39, 0.29) is 5.56 Å². The van der Waals surface area contributed by atoms with Gasteiger partial charge in [-0.1, -0.05) is 0 Å². The predicted molar refractivity (Wildman–Crippen MR) is 58.5 cm³/mol. The molecule has 1 aliphatic rings. The van der Waals surface area contributed by atoms with Gasteiger partial charge in [0.15, 0.2) is 0 Å². The zero-order valence-electron chi connectivity index (χ0n) is 7.96. The first-order valence-electron chi connectivity index (χ1n) is 4.65. The van der Waals surface area contributed by atoms with Crippen LogP contribution in [0.4, 0.5) is 5.69 Å². The molecule has 0 aliphatic heterocycles. The summed E-state index contributed by atoms with van der Waals surface area (Å²) in [7, 11) is 1.77. The van der Waals surface area contributed by atoms with Gasteiger partial charge in [0, 0.05) is 13.6 Å². The number of anilines is 1. The van der Waals surface area contributed by atoms with E-state index in [9.17, 15) is 4.79 Å². The van der Waals surface area contributed by atoms with Crippen molar-refractivity contribution in [2.45, 2.75) is 19.4 Å². The first-order chi connectivity index (χ1) is 6.72. The Kier molecular flexibility index (Phi) is 2.58. The third kappa shape index (κ3) is 1.82. The minimum atomic E-state index is -0.0521. The molecule has 1 N–H and O–H groups in total. The molecule has 2 rings (SSSR count). The number of rotatable bonds is 3. The van der Waals surface area contributed by atoms with E-state index < -0.39 is 0 Å². The van der Waals surface area contributed by atoms with Crippen LogP contribution in [0.25, 0.3) is 0 Å². The highest BCUT2D eigenvalue weighted by atomic mass is 79.9. The maximum atomic E-state index is 11.7. The molecule has 1 aromatic rings. The fraction of sp³-hybridized carbons (Fsp3) is 0.556. The van der Waals surface area contributed by atoms with Gasteiger partial charge < -0.3 is 5.32 Å². The lowest BCUT2D eigenvalue weighted by Crippen LogP contribution is -2.24. The van der Waals surface area contributed by atoms with E-state index in [1.54, 1.807) is 13.2 Å². The Morgan fingerprint density at radius 3 is 3.00 bits per heavy atom.